The summed E-state index contributed by atoms with van der Waals surface area (Å²) < 4.78 is 1.01. The van der Waals surface area contributed by atoms with Crippen LogP contribution in [0.2, 0.25) is 0 Å². The van der Waals surface area contributed by atoms with Gasteiger partial charge in [-0.25, -0.2) is 0 Å². The first-order valence-electron chi connectivity index (χ1n) is 6.14. The number of carbonyl (C=O) groups excluding carboxylic acids is 1. The van der Waals surface area contributed by atoms with E-state index in [1.807, 2.05) is 48.7 Å². The molecule has 2 aromatic rings. The monoisotopic (exact) mass is 337 g/mol. The predicted molar refractivity (Wildman–Crippen MR) is 83.3 cm³/mol. The van der Waals surface area contributed by atoms with Crippen LogP contribution in [0, 0.1) is 5.92 Å². The first-order valence-corrected chi connectivity index (χ1v) is 7.82. The molecule has 0 saturated heterocycles. The van der Waals surface area contributed by atoms with Gasteiger partial charge in [0, 0.05) is 27.7 Å². The Kier molecular flexibility index (Phi) is 4.91. The average molecular weight is 338 g/mol. The lowest BCUT2D eigenvalue weighted by Crippen LogP contribution is -2.27. The highest BCUT2D eigenvalue weighted by Crippen LogP contribution is 2.26. The largest absolute Gasteiger partial charge is 0.323 e. The van der Waals surface area contributed by atoms with Crippen molar-refractivity contribution >= 4 is 33.0 Å². The number of ketones is 1. The van der Waals surface area contributed by atoms with E-state index in [4.69, 9.17) is 5.73 Å². The second-order valence-corrected chi connectivity index (χ2v) is 6.41. The van der Waals surface area contributed by atoms with Crippen LogP contribution in [0.4, 0.5) is 0 Å². The number of Topliss-reactive ketones (excluding diaryl/α,β-unsaturated/α-hetero) is 1. The summed E-state index contributed by atoms with van der Waals surface area (Å²) in [6.07, 6.45) is 0.444. The molecular weight excluding hydrogens is 322 g/mol. The Hall–Kier alpha value is -0.970. The average Bonchev–Trinajstić information content (AvgIpc) is 2.83. The lowest BCUT2D eigenvalue weighted by molar-refractivity contribution is -0.122. The van der Waals surface area contributed by atoms with E-state index in [9.17, 15) is 4.79 Å². The molecule has 2 N–H and O–H groups in total. The van der Waals surface area contributed by atoms with Crippen LogP contribution in [0.25, 0.3) is 0 Å². The minimum Gasteiger partial charge on any atom is -0.323 e. The summed E-state index contributed by atoms with van der Waals surface area (Å²) in [5.74, 6) is -0.00379. The van der Waals surface area contributed by atoms with Crippen molar-refractivity contribution in [1.82, 2.24) is 0 Å². The zero-order chi connectivity index (χ0) is 13.8. The van der Waals surface area contributed by atoms with E-state index >= 15 is 0 Å². The zero-order valence-corrected chi connectivity index (χ0v) is 13.1. The quantitative estimate of drug-likeness (QED) is 0.897. The number of benzene rings is 1. The Morgan fingerprint density at radius 2 is 2.00 bits per heavy atom. The Bertz CT molecular complexity index is 552. The molecule has 0 amide bonds. The van der Waals surface area contributed by atoms with Crippen LogP contribution >= 0.6 is 27.3 Å². The van der Waals surface area contributed by atoms with Gasteiger partial charge in [0.15, 0.2) is 0 Å². The Morgan fingerprint density at radius 1 is 1.32 bits per heavy atom. The van der Waals surface area contributed by atoms with E-state index in [1.54, 1.807) is 11.3 Å². The molecule has 2 nitrogen and oxygen atoms in total. The summed E-state index contributed by atoms with van der Waals surface area (Å²) in [4.78, 5) is 13.3. The highest BCUT2D eigenvalue weighted by molar-refractivity contribution is 9.10. The molecule has 0 saturated carbocycles. The summed E-state index contributed by atoms with van der Waals surface area (Å²) in [5, 5.41) is 1.98. The number of carbonyl (C=O) groups is 1. The van der Waals surface area contributed by atoms with Crippen LogP contribution in [-0.2, 0) is 11.2 Å². The second-order valence-electron chi connectivity index (χ2n) is 4.56. The van der Waals surface area contributed by atoms with Crippen molar-refractivity contribution in [2.75, 3.05) is 0 Å². The maximum Gasteiger partial charge on any atom is 0.142 e. The first-order chi connectivity index (χ1) is 9.09. The fourth-order valence-electron chi connectivity index (χ4n) is 1.93. The van der Waals surface area contributed by atoms with E-state index in [0.717, 1.165) is 14.9 Å². The highest BCUT2D eigenvalue weighted by atomic mass is 79.9. The molecule has 0 spiro atoms. The number of thiophene rings is 1. The number of hydrogen-bond donors (Lipinski definition) is 1. The standard InChI is InChI=1S/C15H16BrNOS/c1-10(15(17)11-5-3-2-4-6-11)13(18)9-14-12(16)7-8-19-14/h2-8,10,15H,9,17H2,1H3. The molecule has 0 fully saturated rings. The lowest BCUT2D eigenvalue weighted by Gasteiger charge is -2.19. The van der Waals surface area contributed by atoms with Gasteiger partial charge in [-0.2, -0.15) is 0 Å². The van der Waals surface area contributed by atoms with Crippen molar-refractivity contribution in [2.45, 2.75) is 19.4 Å². The van der Waals surface area contributed by atoms with E-state index in [0.29, 0.717) is 6.42 Å². The van der Waals surface area contributed by atoms with Crippen LogP contribution in [0.3, 0.4) is 0 Å². The maximum absolute atomic E-state index is 12.3. The van der Waals surface area contributed by atoms with E-state index in [-0.39, 0.29) is 17.7 Å². The van der Waals surface area contributed by atoms with Gasteiger partial charge in [0.2, 0.25) is 0 Å². The van der Waals surface area contributed by atoms with Crippen LogP contribution in [0.1, 0.15) is 23.4 Å². The molecule has 1 aromatic heterocycles. The molecule has 19 heavy (non-hydrogen) atoms. The van der Waals surface area contributed by atoms with Crippen molar-refractivity contribution < 1.29 is 4.79 Å². The molecule has 0 aliphatic carbocycles. The first kappa shape index (κ1) is 14.4. The fourth-order valence-corrected chi connectivity index (χ4v) is 3.44. The van der Waals surface area contributed by atoms with Gasteiger partial charge in [-0.15, -0.1) is 11.3 Å². The number of hydrogen-bond acceptors (Lipinski definition) is 3. The van der Waals surface area contributed by atoms with Gasteiger partial charge in [0.1, 0.15) is 5.78 Å². The van der Waals surface area contributed by atoms with E-state index < -0.39 is 0 Å². The van der Waals surface area contributed by atoms with Crippen molar-refractivity contribution in [3.63, 3.8) is 0 Å². The van der Waals surface area contributed by atoms with Crippen molar-refractivity contribution in [3.05, 3.63) is 56.7 Å². The van der Waals surface area contributed by atoms with Crippen LogP contribution in [-0.4, -0.2) is 5.78 Å². The smallest absolute Gasteiger partial charge is 0.142 e. The summed E-state index contributed by atoms with van der Waals surface area (Å²) in [5.41, 5.74) is 7.19. The van der Waals surface area contributed by atoms with Gasteiger partial charge >= 0.3 is 0 Å². The van der Waals surface area contributed by atoms with Gasteiger partial charge in [-0.3, -0.25) is 4.79 Å². The highest BCUT2D eigenvalue weighted by Gasteiger charge is 2.22. The summed E-state index contributed by atoms with van der Waals surface area (Å²) in [6, 6.07) is 11.5. The van der Waals surface area contributed by atoms with Gasteiger partial charge in [-0.05, 0) is 32.9 Å². The Balaban J connectivity index is 2.05. The van der Waals surface area contributed by atoms with Crippen LogP contribution in [0.15, 0.2) is 46.3 Å². The van der Waals surface area contributed by atoms with Gasteiger partial charge in [0.05, 0.1) is 0 Å². The second kappa shape index (κ2) is 6.46. The van der Waals surface area contributed by atoms with Gasteiger partial charge < -0.3 is 5.73 Å². The molecule has 0 bridgehead atoms. The third-order valence-electron chi connectivity index (χ3n) is 3.26. The molecule has 0 aliphatic rings. The Labute approximate surface area is 125 Å². The summed E-state index contributed by atoms with van der Waals surface area (Å²) in [7, 11) is 0. The Morgan fingerprint density at radius 3 is 2.58 bits per heavy atom. The third-order valence-corrected chi connectivity index (χ3v) is 5.18. The molecule has 0 aliphatic heterocycles. The van der Waals surface area contributed by atoms with Crippen molar-refractivity contribution in [2.24, 2.45) is 11.7 Å². The predicted octanol–water partition coefficient (Wildman–Crippen LogP) is 3.96. The number of nitrogens with two attached hydrogens (primary N) is 1. The van der Waals surface area contributed by atoms with Crippen molar-refractivity contribution in [3.8, 4) is 0 Å². The van der Waals surface area contributed by atoms with E-state index in [1.165, 1.54) is 0 Å². The summed E-state index contributed by atoms with van der Waals surface area (Å²) >= 11 is 5.05. The number of halogens is 1. The normalized spacial score (nSPS) is 14.1. The SMILES string of the molecule is CC(C(=O)Cc1sccc1Br)C(N)c1ccccc1. The van der Waals surface area contributed by atoms with Crippen LogP contribution in [0.5, 0.6) is 0 Å². The molecule has 2 unspecified atom stereocenters. The van der Waals surface area contributed by atoms with Gasteiger partial charge in [-0.1, -0.05) is 37.3 Å². The topological polar surface area (TPSA) is 43.1 Å². The molecule has 2 atom stereocenters. The van der Waals surface area contributed by atoms with Gasteiger partial charge in [0.25, 0.3) is 0 Å². The fraction of sp³-hybridized carbons (Fsp3) is 0.267. The maximum atomic E-state index is 12.3. The summed E-state index contributed by atoms with van der Waals surface area (Å²) in [6.45, 7) is 1.90. The molecule has 1 aromatic carbocycles. The number of rotatable bonds is 5. The molecule has 4 heteroatoms. The minimum atomic E-state index is -0.243. The molecule has 100 valence electrons. The molecule has 0 radical (unpaired) electrons. The van der Waals surface area contributed by atoms with Crippen LogP contribution < -0.4 is 5.73 Å². The molecule has 2 rings (SSSR count). The van der Waals surface area contributed by atoms with Crippen molar-refractivity contribution in [1.29, 1.82) is 0 Å². The zero-order valence-electron chi connectivity index (χ0n) is 10.7. The minimum absolute atomic E-state index is 0.180. The molecular formula is C15H16BrNOS. The molecule has 1 heterocycles. The third kappa shape index (κ3) is 3.53. The van der Waals surface area contributed by atoms with E-state index in [2.05, 4.69) is 15.9 Å². The lowest BCUT2D eigenvalue weighted by atomic mass is 9.90.